The van der Waals surface area contributed by atoms with Crippen LogP contribution in [-0.4, -0.2) is 70.9 Å². The highest BCUT2D eigenvalue weighted by molar-refractivity contribution is 6.06. The number of carbonyl (C=O) groups excluding carboxylic acids is 4. The average Bonchev–Trinajstić information content (AvgIpc) is 2.83. The van der Waals surface area contributed by atoms with E-state index in [0.717, 1.165) is 4.90 Å². The van der Waals surface area contributed by atoms with Gasteiger partial charge >= 0.3 is 6.03 Å². The monoisotopic (exact) mass is 414 g/mol. The number of para-hydroxylation sites is 1. The predicted molar refractivity (Wildman–Crippen MR) is 107 cm³/mol. The molecule has 3 heterocycles. The number of fused-ring (bicyclic) bond motifs is 1. The van der Waals surface area contributed by atoms with Crippen LogP contribution in [0, 0.1) is 0 Å². The second kappa shape index (κ2) is 7.30. The number of imide groups is 1. The summed E-state index contributed by atoms with van der Waals surface area (Å²) >= 11 is 0. The van der Waals surface area contributed by atoms with E-state index in [4.69, 9.17) is 4.74 Å². The van der Waals surface area contributed by atoms with Crippen LogP contribution in [0.25, 0.3) is 0 Å². The molecular weight excluding hydrogens is 388 g/mol. The number of hydrogen-bond acceptors (Lipinski definition) is 5. The van der Waals surface area contributed by atoms with Crippen LogP contribution in [0.4, 0.5) is 4.79 Å². The van der Waals surface area contributed by atoms with E-state index in [1.807, 2.05) is 6.07 Å². The zero-order valence-electron chi connectivity index (χ0n) is 17.2. The number of rotatable bonds is 3. The van der Waals surface area contributed by atoms with Gasteiger partial charge in [0, 0.05) is 38.9 Å². The van der Waals surface area contributed by atoms with Gasteiger partial charge in [0.25, 0.3) is 11.8 Å². The van der Waals surface area contributed by atoms with E-state index in [1.54, 1.807) is 36.9 Å². The van der Waals surface area contributed by atoms with Crippen molar-refractivity contribution in [3.63, 3.8) is 0 Å². The minimum absolute atomic E-state index is 0.0640. The minimum atomic E-state index is -0.935. The molecule has 9 nitrogen and oxygen atoms in total. The standard InChI is InChI=1S/C21H26N4O5/c1-20(2)18(28)25(19(29)23-20)10-7-16(26)24-11-8-21(9-12-24)13-22-17(27)14-5-3-4-6-15(14)30-21/h3-6H,7-13H2,1-2H3,(H,22,27)(H,23,29). The van der Waals surface area contributed by atoms with E-state index >= 15 is 0 Å². The van der Waals surface area contributed by atoms with Gasteiger partial charge in [-0.15, -0.1) is 0 Å². The van der Waals surface area contributed by atoms with Gasteiger partial charge in [0.1, 0.15) is 16.9 Å². The topological polar surface area (TPSA) is 108 Å². The molecule has 1 spiro atoms. The van der Waals surface area contributed by atoms with Gasteiger partial charge in [-0.2, -0.15) is 0 Å². The van der Waals surface area contributed by atoms with E-state index in [1.165, 1.54) is 0 Å². The lowest BCUT2D eigenvalue weighted by molar-refractivity contribution is -0.135. The number of likely N-dealkylation sites (tertiary alicyclic amines) is 1. The highest BCUT2D eigenvalue weighted by atomic mass is 16.5. The van der Waals surface area contributed by atoms with Crippen LogP contribution in [0.2, 0.25) is 0 Å². The Balaban J connectivity index is 1.35. The number of amides is 5. The maximum atomic E-state index is 12.7. The van der Waals surface area contributed by atoms with Crippen molar-refractivity contribution < 1.29 is 23.9 Å². The predicted octanol–water partition coefficient (Wildman–Crippen LogP) is 0.891. The lowest BCUT2D eigenvalue weighted by Gasteiger charge is -2.41. The molecule has 2 N–H and O–H groups in total. The van der Waals surface area contributed by atoms with Gasteiger partial charge in [-0.3, -0.25) is 19.3 Å². The maximum Gasteiger partial charge on any atom is 0.325 e. The summed E-state index contributed by atoms with van der Waals surface area (Å²) in [7, 11) is 0. The van der Waals surface area contributed by atoms with Crippen molar-refractivity contribution in [1.29, 1.82) is 0 Å². The van der Waals surface area contributed by atoms with E-state index in [9.17, 15) is 19.2 Å². The van der Waals surface area contributed by atoms with Gasteiger partial charge in [0.15, 0.2) is 0 Å². The van der Waals surface area contributed by atoms with Crippen molar-refractivity contribution in [1.82, 2.24) is 20.4 Å². The van der Waals surface area contributed by atoms with Crippen molar-refractivity contribution in [3.05, 3.63) is 29.8 Å². The van der Waals surface area contributed by atoms with Gasteiger partial charge in [-0.05, 0) is 26.0 Å². The highest BCUT2D eigenvalue weighted by Crippen LogP contribution is 2.33. The Hall–Kier alpha value is -3.10. The number of nitrogens with zero attached hydrogens (tertiary/aromatic N) is 2. The number of urea groups is 1. The third-order valence-corrected chi connectivity index (χ3v) is 6.05. The summed E-state index contributed by atoms with van der Waals surface area (Å²) in [5.74, 6) is -0.0155. The fraction of sp³-hybridized carbons (Fsp3) is 0.524. The Morgan fingerprint density at radius 3 is 2.50 bits per heavy atom. The molecule has 4 rings (SSSR count). The first-order valence-corrected chi connectivity index (χ1v) is 10.2. The van der Waals surface area contributed by atoms with E-state index in [2.05, 4.69) is 10.6 Å². The number of carbonyl (C=O) groups is 4. The van der Waals surface area contributed by atoms with Gasteiger partial charge < -0.3 is 20.3 Å². The molecule has 3 aliphatic rings. The summed E-state index contributed by atoms with van der Waals surface area (Å²) in [6.45, 7) is 4.71. The number of piperidine rings is 1. The molecule has 2 saturated heterocycles. The average molecular weight is 414 g/mol. The molecule has 0 aromatic heterocycles. The fourth-order valence-corrected chi connectivity index (χ4v) is 4.18. The first-order valence-electron chi connectivity index (χ1n) is 10.2. The number of benzene rings is 1. The van der Waals surface area contributed by atoms with Crippen LogP contribution in [0.1, 0.15) is 43.5 Å². The third-order valence-electron chi connectivity index (χ3n) is 6.05. The maximum absolute atomic E-state index is 12.7. The third kappa shape index (κ3) is 3.59. The van der Waals surface area contributed by atoms with Crippen LogP contribution in [0.3, 0.4) is 0 Å². The van der Waals surface area contributed by atoms with E-state index < -0.39 is 17.2 Å². The van der Waals surface area contributed by atoms with Crippen LogP contribution in [0.15, 0.2) is 24.3 Å². The van der Waals surface area contributed by atoms with Gasteiger partial charge in [0.05, 0.1) is 12.1 Å². The summed E-state index contributed by atoms with van der Waals surface area (Å²) in [5.41, 5.74) is -0.965. The first kappa shape index (κ1) is 20.2. The molecule has 3 aliphatic heterocycles. The Labute approximate surface area is 174 Å². The second-order valence-corrected chi connectivity index (χ2v) is 8.61. The lowest BCUT2D eigenvalue weighted by atomic mass is 9.90. The molecule has 1 aromatic rings. The SMILES string of the molecule is CC1(C)NC(=O)N(CCC(=O)N2CCC3(CC2)CNC(=O)c2ccccc2O3)C1=O. The summed E-state index contributed by atoms with van der Waals surface area (Å²) in [6.07, 6.45) is 1.26. The molecular formula is C21H26N4O5. The van der Waals surface area contributed by atoms with E-state index in [-0.39, 0.29) is 30.7 Å². The molecule has 160 valence electrons. The molecule has 2 fully saturated rings. The zero-order valence-corrected chi connectivity index (χ0v) is 17.2. The quantitative estimate of drug-likeness (QED) is 0.715. The van der Waals surface area contributed by atoms with Gasteiger partial charge in [-0.25, -0.2) is 4.79 Å². The second-order valence-electron chi connectivity index (χ2n) is 8.61. The van der Waals surface area contributed by atoms with Gasteiger partial charge in [0.2, 0.25) is 5.91 Å². The number of nitrogens with one attached hydrogen (secondary N) is 2. The molecule has 0 bridgehead atoms. The van der Waals surface area contributed by atoms with Crippen LogP contribution < -0.4 is 15.4 Å². The largest absolute Gasteiger partial charge is 0.484 e. The van der Waals surface area contributed by atoms with Crippen molar-refractivity contribution in [3.8, 4) is 5.75 Å². The number of hydrogen-bond donors (Lipinski definition) is 2. The minimum Gasteiger partial charge on any atom is -0.484 e. The van der Waals surface area contributed by atoms with Crippen molar-refractivity contribution >= 4 is 23.8 Å². The van der Waals surface area contributed by atoms with Crippen LogP contribution >= 0.6 is 0 Å². The summed E-state index contributed by atoms with van der Waals surface area (Å²) in [5, 5.41) is 5.54. The Morgan fingerprint density at radius 1 is 1.13 bits per heavy atom. The van der Waals surface area contributed by atoms with Crippen LogP contribution in [0.5, 0.6) is 5.75 Å². The molecule has 0 atom stereocenters. The summed E-state index contributed by atoms with van der Waals surface area (Å²) in [6, 6.07) is 6.70. The van der Waals surface area contributed by atoms with Crippen LogP contribution in [-0.2, 0) is 9.59 Å². The fourth-order valence-electron chi connectivity index (χ4n) is 4.18. The lowest BCUT2D eigenvalue weighted by Crippen LogP contribution is -2.54. The molecule has 30 heavy (non-hydrogen) atoms. The molecule has 9 heteroatoms. The van der Waals surface area contributed by atoms with Crippen molar-refractivity contribution in [2.24, 2.45) is 0 Å². The zero-order chi connectivity index (χ0) is 21.5. The number of ether oxygens (including phenoxy) is 1. The summed E-state index contributed by atoms with van der Waals surface area (Å²) in [4.78, 5) is 52.0. The Bertz CT molecular complexity index is 904. The van der Waals surface area contributed by atoms with Crippen molar-refractivity contribution in [2.45, 2.75) is 44.2 Å². The van der Waals surface area contributed by atoms with Crippen molar-refractivity contribution in [2.75, 3.05) is 26.2 Å². The Kier molecular flexibility index (Phi) is 4.91. The first-order chi connectivity index (χ1) is 14.2. The molecule has 0 aliphatic carbocycles. The molecule has 0 radical (unpaired) electrons. The normalized spacial score (nSPS) is 22.1. The van der Waals surface area contributed by atoms with E-state index in [0.29, 0.717) is 43.8 Å². The molecule has 1 aromatic carbocycles. The van der Waals surface area contributed by atoms with Gasteiger partial charge in [-0.1, -0.05) is 12.1 Å². The summed E-state index contributed by atoms with van der Waals surface area (Å²) < 4.78 is 6.25. The Morgan fingerprint density at radius 2 is 1.83 bits per heavy atom. The highest BCUT2D eigenvalue weighted by Gasteiger charge is 2.45. The smallest absolute Gasteiger partial charge is 0.325 e. The molecule has 0 unspecified atom stereocenters. The molecule has 0 saturated carbocycles. The molecule has 5 amide bonds.